The molecule has 2 aliphatic heterocycles. The number of thioether (sulfide) groups is 1. The number of aromatic amines is 1. The molecule has 0 spiro atoms. The number of amides is 2. The Bertz CT molecular complexity index is 1310. The second kappa shape index (κ2) is 8.53. The van der Waals surface area contributed by atoms with E-state index in [9.17, 15) is 14.4 Å². The number of benzene rings is 1. The fourth-order valence-corrected chi connectivity index (χ4v) is 10.6. The third-order valence-electron chi connectivity index (χ3n) is 8.72. The number of carboxylic acids is 1. The third-order valence-corrected chi connectivity index (χ3v) is 11.7. The molecule has 2 N–H and O–H groups in total. The quantitative estimate of drug-likeness (QED) is 0.386. The Hall–Kier alpha value is -1.97. The van der Waals surface area contributed by atoms with E-state index in [0.29, 0.717) is 6.42 Å². The smallest absolute Gasteiger partial charge is 0.303 e. The van der Waals surface area contributed by atoms with Crippen LogP contribution in [0.3, 0.4) is 0 Å². The highest BCUT2D eigenvalue weighted by molar-refractivity contribution is 8.00. The van der Waals surface area contributed by atoms with E-state index in [1.807, 2.05) is 11.8 Å². The Balaban J connectivity index is 1.36. The van der Waals surface area contributed by atoms with Crippen LogP contribution in [0.4, 0.5) is 0 Å². The van der Waals surface area contributed by atoms with Crippen LogP contribution < -0.4 is 0 Å². The summed E-state index contributed by atoms with van der Waals surface area (Å²) in [5.74, 6) is -0.896. The van der Waals surface area contributed by atoms with Crippen LogP contribution in [-0.4, -0.2) is 44.6 Å². The van der Waals surface area contributed by atoms with Crippen LogP contribution in [0.1, 0.15) is 62.0 Å². The van der Waals surface area contributed by atoms with Gasteiger partial charge in [0.05, 0.1) is 16.9 Å². The zero-order chi connectivity index (χ0) is 25.5. The minimum absolute atomic E-state index is 0.0353. The number of hydrogen-bond donors (Lipinski definition) is 2. The summed E-state index contributed by atoms with van der Waals surface area (Å²) < 4.78 is 0.771. The zero-order valence-corrected chi connectivity index (χ0v) is 23.0. The average Bonchev–Trinajstić information content (AvgIpc) is 3.53. The Morgan fingerprint density at radius 3 is 2.44 bits per heavy atom. The lowest BCUT2D eigenvalue weighted by atomic mass is 9.68. The Morgan fingerprint density at radius 1 is 1.14 bits per heavy atom. The average molecular weight is 543 g/mol. The Morgan fingerprint density at radius 2 is 1.81 bits per heavy atom. The standard InChI is InChI=1S/C27H30N2O4S3/c1-27(2,3)13-8-6-12(7-9-13)17-18-14-11-15(21(18)35-23-22(17)36-26(34)28-23)20-19(14)24(32)29(25(20)33)10-4-5-16(30)31/h6-9,14-15,17-21H,4-5,10-11H2,1-3H3,(H,28,34)(H,30,31). The summed E-state index contributed by atoms with van der Waals surface area (Å²) >= 11 is 9.01. The molecular weight excluding hydrogens is 513 g/mol. The molecule has 2 saturated carbocycles. The van der Waals surface area contributed by atoms with Gasteiger partial charge < -0.3 is 10.1 Å². The highest BCUT2D eigenvalue weighted by atomic mass is 32.2. The van der Waals surface area contributed by atoms with Gasteiger partial charge >= 0.3 is 5.97 Å². The Labute approximate surface area is 223 Å². The molecule has 1 aromatic carbocycles. The van der Waals surface area contributed by atoms with E-state index in [1.165, 1.54) is 20.9 Å². The van der Waals surface area contributed by atoms with Crippen molar-refractivity contribution in [1.29, 1.82) is 0 Å². The molecule has 36 heavy (non-hydrogen) atoms. The van der Waals surface area contributed by atoms with Gasteiger partial charge in [-0.1, -0.05) is 45.0 Å². The predicted molar refractivity (Wildman–Crippen MR) is 142 cm³/mol. The van der Waals surface area contributed by atoms with Crippen molar-refractivity contribution in [1.82, 2.24) is 9.88 Å². The van der Waals surface area contributed by atoms with Crippen LogP contribution in [0, 0.1) is 33.5 Å². The molecule has 2 amide bonds. The summed E-state index contributed by atoms with van der Waals surface area (Å²) in [7, 11) is 0. The van der Waals surface area contributed by atoms with Crippen molar-refractivity contribution < 1.29 is 19.5 Å². The van der Waals surface area contributed by atoms with Crippen molar-refractivity contribution in [3.63, 3.8) is 0 Å². The summed E-state index contributed by atoms with van der Waals surface area (Å²) in [6.07, 6.45) is 1.18. The summed E-state index contributed by atoms with van der Waals surface area (Å²) in [6.45, 7) is 6.85. The number of hydrogen-bond acceptors (Lipinski definition) is 6. The van der Waals surface area contributed by atoms with Gasteiger partial charge in [0.1, 0.15) is 0 Å². The highest BCUT2D eigenvalue weighted by Crippen LogP contribution is 2.68. The van der Waals surface area contributed by atoms with Crippen molar-refractivity contribution >= 4 is 53.1 Å². The number of fused-ring (bicyclic) bond motifs is 9. The second-order valence-electron chi connectivity index (χ2n) is 11.7. The molecule has 9 heteroatoms. The normalized spacial score (nSPS) is 32.5. The van der Waals surface area contributed by atoms with Gasteiger partial charge in [0.25, 0.3) is 0 Å². The van der Waals surface area contributed by atoms with Crippen LogP contribution in [0.5, 0.6) is 0 Å². The van der Waals surface area contributed by atoms with Gasteiger partial charge in [-0.05, 0) is 59.4 Å². The van der Waals surface area contributed by atoms with E-state index >= 15 is 0 Å². The molecule has 190 valence electrons. The van der Waals surface area contributed by atoms with Gasteiger partial charge in [-0.25, -0.2) is 0 Å². The molecule has 1 aromatic heterocycles. The van der Waals surface area contributed by atoms with Crippen molar-refractivity contribution in [2.24, 2.45) is 29.6 Å². The van der Waals surface area contributed by atoms with E-state index in [2.05, 4.69) is 50.0 Å². The molecule has 3 heterocycles. The maximum atomic E-state index is 13.5. The van der Waals surface area contributed by atoms with E-state index in [1.54, 1.807) is 11.3 Å². The third kappa shape index (κ3) is 3.64. The molecule has 2 aliphatic carbocycles. The lowest BCUT2D eigenvalue weighted by Crippen LogP contribution is -2.42. The molecule has 1 saturated heterocycles. The number of thiazole rings is 1. The van der Waals surface area contributed by atoms with Gasteiger partial charge in [0.2, 0.25) is 11.8 Å². The number of nitrogens with one attached hydrogen (secondary N) is 1. The molecule has 7 unspecified atom stereocenters. The van der Waals surface area contributed by atoms with Crippen LogP contribution in [0.25, 0.3) is 0 Å². The maximum absolute atomic E-state index is 13.5. The number of carbonyl (C=O) groups is 3. The number of rotatable bonds is 5. The molecule has 7 atom stereocenters. The predicted octanol–water partition coefficient (Wildman–Crippen LogP) is 5.44. The van der Waals surface area contributed by atoms with Crippen LogP contribution >= 0.6 is 35.3 Å². The zero-order valence-electron chi connectivity index (χ0n) is 20.5. The van der Waals surface area contributed by atoms with Gasteiger partial charge in [-0.15, -0.1) is 23.1 Å². The Kier molecular flexibility index (Phi) is 5.77. The largest absolute Gasteiger partial charge is 0.481 e. The fraction of sp³-hybridized carbons (Fsp3) is 0.556. The molecular formula is C27H30N2O4S3. The number of carboxylic acid groups (broad SMARTS) is 1. The number of carbonyl (C=O) groups excluding carboxylic acids is 2. The van der Waals surface area contributed by atoms with E-state index in [4.69, 9.17) is 17.3 Å². The van der Waals surface area contributed by atoms with E-state index in [0.717, 1.165) is 15.4 Å². The topological polar surface area (TPSA) is 90.5 Å². The number of H-pyrrole nitrogens is 1. The number of nitrogens with zero attached hydrogens (tertiary/aromatic N) is 1. The van der Waals surface area contributed by atoms with Crippen LogP contribution in [0.15, 0.2) is 29.3 Å². The first-order chi connectivity index (χ1) is 17.1. The molecule has 3 fully saturated rings. The van der Waals surface area contributed by atoms with Crippen molar-refractivity contribution in [3.8, 4) is 0 Å². The minimum atomic E-state index is -0.902. The summed E-state index contributed by atoms with van der Waals surface area (Å²) in [5.41, 5.74) is 2.61. The number of aromatic nitrogens is 1. The van der Waals surface area contributed by atoms with Crippen LogP contribution in [-0.2, 0) is 19.8 Å². The maximum Gasteiger partial charge on any atom is 0.303 e. The minimum Gasteiger partial charge on any atom is -0.481 e. The first-order valence-corrected chi connectivity index (χ1v) is 14.7. The second-order valence-corrected chi connectivity index (χ2v) is 14.6. The van der Waals surface area contributed by atoms with Crippen molar-refractivity contribution in [3.05, 3.63) is 44.2 Å². The number of aliphatic carboxylic acids is 1. The first-order valence-electron chi connectivity index (χ1n) is 12.6. The molecule has 4 aliphatic rings. The van der Waals surface area contributed by atoms with Crippen molar-refractivity contribution in [2.45, 2.75) is 61.6 Å². The SMILES string of the molecule is CC(C)(C)c1ccc(C2c3sc(=S)[nH]c3SC3C4CC(C5C(=O)N(CCCC(=O)O)C(=O)C45)C23)cc1. The van der Waals surface area contributed by atoms with Gasteiger partial charge in [-0.2, -0.15) is 0 Å². The van der Waals surface area contributed by atoms with Gasteiger partial charge in [0.15, 0.2) is 3.95 Å². The van der Waals surface area contributed by atoms with Gasteiger partial charge in [0, 0.05) is 29.0 Å². The lowest BCUT2D eigenvalue weighted by molar-refractivity contribution is -0.142. The molecule has 2 aromatic rings. The highest BCUT2D eigenvalue weighted by Gasteiger charge is 2.69. The van der Waals surface area contributed by atoms with Crippen LogP contribution in [0.2, 0.25) is 0 Å². The first kappa shape index (κ1) is 24.4. The molecule has 6 rings (SSSR count). The van der Waals surface area contributed by atoms with Crippen molar-refractivity contribution in [2.75, 3.05) is 6.54 Å². The number of imide groups is 1. The van der Waals surface area contributed by atoms with E-state index in [-0.39, 0.29) is 71.0 Å². The summed E-state index contributed by atoms with van der Waals surface area (Å²) in [5, 5.41) is 10.4. The molecule has 6 nitrogen and oxygen atoms in total. The summed E-state index contributed by atoms with van der Waals surface area (Å²) in [6, 6.07) is 8.94. The van der Waals surface area contributed by atoms with E-state index < -0.39 is 5.97 Å². The molecule has 2 bridgehead atoms. The monoisotopic (exact) mass is 542 g/mol. The fourth-order valence-electron chi connectivity index (χ4n) is 7.25. The number of likely N-dealkylation sites (tertiary alicyclic amines) is 1. The van der Waals surface area contributed by atoms with Gasteiger partial charge in [-0.3, -0.25) is 19.3 Å². The molecule has 0 radical (unpaired) electrons. The summed E-state index contributed by atoms with van der Waals surface area (Å²) in [4.78, 5) is 43.9. The lowest BCUT2D eigenvalue weighted by Gasteiger charge is -2.43.